The summed E-state index contributed by atoms with van der Waals surface area (Å²) in [6, 6.07) is 3.40. The molecule has 0 aliphatic heterocycles. The van der Waals surface area contributed by atoms with Gasteiger partial charge < -0.3 is 10.1 Å². The van der Waals surface area contributed by atoms with Crippen LogP contribution in [-0.4, -0.2) is 22.5 Å². The van der Waals surface area contributed by atoms with Crippen molar-refractivity contribution in [2.75, 3.05) is 11.9 Å². The van der Waals surface area contributed by atoms with Crippen molar-refractivity contribution in [3.8, 4) is 0 Å². The van der Waals surface area contributed by atoms with Gasteiger partial charge in [-0.3, -0.25) is 0 Å². The first-order chi connectivity index (χ1) is 9.61. The maximum atomic E-state index is 11.9. The van der Waals surface area contributed by atoms with Crippen molar-refractivity contribution < 1.29 is 9.53 Å². The average molecular weight is 291 g/mol. The second kappa shape index (κ2) is 6.47. The molecule has 20 heavy (non-hydrogen) atoms. The lowest BCUT2D eigenvalue weighted by atomic mass is 10.2. The van der Waals surface area contributed by atoms with Crippen LogP contribution in [0.1, 0.15) is 40.9 Å². The van der Waals surface area contributed by atoms with E-state index in [0.717, 1.165) is 10.7 Å². The third kappa shape index (κ3) is 3.33. The van der Waals surface area contributed by atoms with Gasteiger partial charge in [0.2, 0.25) is 0 Å². The predicted octanol–water partition coefficient (Wildman–Crippen LogP) is 3.20. The zero-order valence-corrected chi connectivity index (χ0v) is 12.5. The Morgan fingerprint density at radius 1 is 1.55 bits per heavy atom. The maximum absolute atomic E-state index is 11.9. The van der Waals surface area contributed by atoms with Gasteiger partial charge in [-0.1, -0.05) is 0 Å². The van der Waals surface area contributed by atoms with Crippen molar-refractivity contribution in [1.29, 1.82) is 0 Å². The van der Waals surface area contributed by atoms with E-state index in [-0.39, 0.29) is 12.0 Å². The molecule has 0 saturated heterocycles. The molecule has 106 valence electrons. The van der Waals surface area contributed by atoms with Crippen LogP contribution in [0, 0.1) is 6.92 Å². The van der Waals surface area contributed by atoms with Crippen LogP contribution in [0.25, 0.3) is 0 Å². The summed E-state index contributed by atoms with van der Waals surface area (Å²) in [4.78, 5) is 20.5. The smallest absolute Gasteiger partial charge is 0.341 e. The van der Waals surface area contributed by atoms with Gasteiger partial charge in [0.15, 0.2) is 0 Å². The van der Waals surface area contributed by atoms with Crippen LogP contribution >= 0.6 is 11.3 Å². The van der Waals surface area contributed by atoms with Crippen LogP contribution in [0.15, 0.2) is 23.7 Å². The predicted molar refractivity (Wildman–Crippen MR) is 79.1 cm³/mol. The van der Waals surface area contributed by atoms with Crippen molar-refractivity contribution in [1.82, 2.24) is 9.97 Å². The van der Waals surface area contributed by atoms with E-state index >= 15 is 0 Å². The number of nitrogens with zero attached hydrogens (tertiary/aromatic N) is 2. The fraction of sp³-hybridized carbons (Fsp3) is 0.357. The van der Waals surface area contributed by atoms with E-state index in [1.54, 1.807) is 36.6 Å². The second-order valence-electron chi connectivity index (χ2n) is 4.31. The molecule has 0 radical (unpaired) electrons. The molecule has 2 aromatic heterocycles. The van der Waals surface area contributed by atoms with E-state index in [1.165, 1.54) is 0 Å². The van der Waals surface area contributed by atoms with Crippen LogP contribution in [0.2, 0.25) is 0 Å². The molecule has 1 atom stereocenters. The van der Waals surface area contributed by atoms with Crippen LogP contribution < -0.4 is 5.32 Å². The molecule has 0 amide bonds. The van der Waals surface area contributed by atoms with Gasteiger partial charge in [-0.15, -0.1) is 11.3 Å². The minimum Gasteiger partial charge on any atom is -0.462 e. The second-order valence-corrected chi connectivity index (χ2v) is 5.20. The number of nitrogens with one attached hydrogen (secondary N) is 1. The van der Waals surface area contributed by atoms with Crippen molar-refractivity contribution >= 4 is 23.1 Å². The van der Waals surface area contributed by atoms with Gasteiger partial charge >= 0.3 is 5.97 Å². The number of carbonyl (C=O) groups excluding carboxylic acids is 1. The van der Waals surface area contributed by atoms with Gasteiger partial charge in [-0.25, -0.2) is 14.8 Å². The number of aryl methyl sites for hydroxylation is 1. The lowest BCUT2D eigenvalue weighted by Crippen LogP contribution is -2.13. The van der Waals surface area contributed by atoms with Gasteiger partial charge in [0.25, 0.3) is 0 Å². The van der Waals surface area contributed by atoms with Crippen molar-refractivity contribution in [3.05, 3.63) is 40.0 Å². The van der Waals surface area contributed by atoms with Crippen LogP contribution in [0.5, 0.6) is 0 Å². The molecule has 0 spiro atoms. The molecule has 0 aromatic carbocycles. The Labute approximate surface area is 122 Å². The summed E-state index contributed by atoms with van der Waals surface area (Å²) in [5.74, 6) is 0.150. The number of ether oxygens (including phenoxy) is 1. The number of hydrogen-bond acceptors (Lipinski definition) is 6. The van der Waals surface area contributed by atoms with Crippen molar-refractivity contribution in [3.63, 3.8) is 0 Å². The molecule has 2 aromatic rings. The first kappa shape index (κ1) is 14.5. The molecule has 2 rings (SSSR count). The first-order valence-corrected chi connectivity index (χ1v) is 7.30. The number of pyridine rings is 1. The molecular weight excluding hydrogens is 274 g/mol. The SMILES string of the molecule is CCOC(=O)c1cccnc1NC(C)c1nc(C)cs1. The summed E-state index contributed by atoms with van der Waals surface area (Å²) in [6.45, 7) is 6.07. The monoisotopic (exact) mass is 291 g/mol. The summed E-state index contributed by atoms with van der Waals surface area (Å²) >= 11 is 1.58. The highest BCUT2D eigenvalue weighted by Crippen LogP contribution is 2.23. The highest BCUT2D eigenvalue weighted by molar-refractivity contribution is 7.09. The molecule has 0 aliphatic rings. The molecular formula is C14H17N3O2S. The number of esters is 1. The number of thiazole rings is 1. The van der Waals surface area contributed by atoms with E-state index in [2.05, 4.69) is 15.3 Å². The van der Waals surface area contributed by atoms with Gasteiger partial charge in [0, 0.05) is 17.3 Å². The van der Waals surface area contributed by atoms with Crippen LogP contribution in [-0.2, 0) is 4.74 Å². The average Bonchev–Trinajstić information content (AvgIpc) is 2.86. The first-order valence-electron chi connectivity index (χ1n) is 6.42. The summed E-state index contributed by atoms with van der Waals surface area (Å²) in [5.41, 5.74) is 1.43. The zero-order chi connectivity index (χ0) is 14.5. The van der Waals surface area contributed by atoms with E-state index in [1.807, 2.05) is 19.2 Å². The number of anilines is 1. The van der Waals surface area contributed by atoms with Gasteiger partial charge in [-0.2, -0.15) is 0 Å². The van der Waals surface area contributed by atoms with Crippen molar-refractivity contribution in [2.24, 2.45) is 0 Å². The Morgan fingerprint density at radius 3 is 3.00 bits per heavy atom. The summed E-state index contributed by atoms with van der Waals surface area (Å²) in [6.07, 6.45) is 1.64. The van der Waals surface area contributed by atoms with Gasteiger partial charge in [0.1, 0.15) is 16.4 Å². The fourth-order valence-corrected chi connectivity index (χ4v) is 2.54. The maximum Gasteiger partial charge on any atom is 0.341 e. The fourth-order valence-electron chi connectivity index (χ4n) is 1.73. The zero-order valence-electron chi connectivity index (χ0n) is 11.7. The molecule has 5 nitrogen and oxygen atoms in total. The molecule has 6 heteroatoms. The lowest BCUT2D eigenvalue weighted by Gasteiger charge is -2.14. The van der Waals surface area contributed by atoms with Gasteiger partial charge in [0.05, 0.1) is 12.6 Å². The Kier molecular flexibility index (Phi) is 4.68. The topological polar surface area (TPSA) is 64.1 Å². The molecule has 2 heterocycles. The van der Waals surface area contributed by atoms with Crippen molar-refractivity contribution in [2.45, 2.75) is 26.8 Å². The molecule has 1 N–H and O–H groups in total. The highest BCUT2D eigenvalue weighted by atomic mass is 32.1. The third-order valence-electron chi connectivity index (χ3n) is 2.66. The minimum atomic E-state index is -0.370. The van der Waals surface area contributed by atoms with Crippen LogP contribution in [0.3, 0.4) is 0 Å². The quantitative estimate of drug-likeness (QED) is 0.857. The van der Waals surface area contributed by atoms with E-state index in [9.17, 15) is 4.79 Å². The molecule has 0 aliphatic carbocycles. The normalized spacial score (nSPS) is 11.9. The number of rotatable bonds is 5. The van der Waals surface area contributed by atoms with E-state index in [4.69, 9.17) is 4.74 Å². The standard InChI is InChI=1S/C14H17N3O2S/c1-4-19-14(18)11-6-5-7-15-12(11)17-10(3)13-16-9(2)8-20-13/h5-8,10H,4H2,1-3H3,(H,15,17). The molecule has 0 saturated carbocycles. The van der Waals surface area contributed by atoms with E-state index in [0.29, 0.717) is 18.0 Å². The lowest BCUT2D eigenvalue weighted by molar-refractivity contribution is 0.0527. The summed E-state index contributed by atoms with van der Waals surface area (Å²) in [7, 11) is 0. The number of aromatic nitrogens is 2. The van der Waals surface area contributed by atoms with Gasteiger partial charge in [-0.05, 0) is 32.9 Å². The molecule has 0 bridgehead atoms. The van der Waals surface area contributed by atoms with E-state index < -0.39 is 0 Å². The number of carbonyl (C=O) groups is 1. The Morgan fingerprint density at radius 2 is 2.35 bits per heavy atom. The Bertz CT molecular complexity index is 598. The highest BCUT2D eigenvalue weighted by Gasteiger charge is 2.16. The largest absolute Gasteiger partial charge is 0.462 e. The Hall–Kier alpha value is -1.95. The number of hydrogen-bond donors (Lipinski definition) is 1. The summed E-state index contributed by atoms with van der Waals surface area (Å²) < 4.78 is 5.03. The third-order valence-corrected chi connectivity index (χ3v) is 3.81. The minimum absolute atomic E-state index is 0.0169. The molecule has 0 fully saturated rings. The Balaban J connectivity index is 2.18. The van der Waals surface area contributed by atoms with Crippen LogP contribution in [0.4, 0.5) is 5.82 Å². The summed E-state index contributed by atoms with van der Waals surface area (Å²) in [5, 5.41) is 6.17. The molecule has 1 unspecified atom stereocenters.